The molecule has 134 valence electrons. The molecule has 3 rings (SSSR count). The van der Waals surface area contributed by atoms with Gasteiger partial charge in [-0.15, -0.1) is 0 Å². The number of hydrogen-bond acceptors (Lipinski definition) is 4. The Bertz CT molecular complexity index is 654. The molecule has 1 aliphatic carbocycles. The summed E-state index contributed by atoms with van der Waals surface area (Å²) in [7, 11) is 0. The molecule has 0 aromatic carbocycles. The van der Waals surface area contributed by atoms with Crippen molar-refractivity contribution < 1.29 is 14.3 Å². The highest BCUT2D eigenvalue weighted by Crippen LogP contribution is 2.51. The first-order valence-corrected chi connectivity index (χ1v) is 8.67. The molecular weight excluding hydrogens is 318 g/mol. The van der Waals surface area contributed by atoms with Crippen molar-refractivity contribution >= 4 is 18.1 Å². The highest BCUT2D eigenvalue weighted by molar-refractivity contribution is 5.91. The van der Waals surface area contributed by atoms with E-state index in [-0.39, 0.29) is 12.0 Å². The lowest BCUT2D eigenvalue weighted by molar-refractivity contribution is -0.116. The van der Waals surface area contributed by atoms with Crippen LogP contribution < -0.4 is 5.32 Å². The summed E-state index contributed by atoms with van der Waals surface area (Å²) in [5.41, 5.74) is 0.437. The van der Waals surface area contributed by atoms with Crippen molar-refractivity contribution in [2.45, 2.75) is 26.4 Å². The summed E-state index contributed by atoms with van der Waals surface area (Å²) >= 11 is 0. The van der Waals surface area contributed by atoms with E-state index in [1.165, 1.54) is 6.08 Å². The third-order valence-corrected chi connectivity index (χ3v) is 4.65. The summed E-state index contributed by atoms with van der Waals surface area (Å²) in [5.74, 6) is 1.33. The molecule has 1 saturated carbocycles. The average molecular weight is 343 g/mol. The van der Waals surface area contributed by atoms with E-state index in [1.54, 1.807) is 23.4 Å². The number of piperidine rings is 1. The fourth-order valence-corrected chi connectivity index (χ4v) is 3.35. The van der Waals surface area contributed by atoms with Crippen LogP contribution in [0.3, 0.4) is 0 Å². The van der Waals surface area contributed by atoms with E-state index >= 15 is 0 Å². The molecule has 25 heavy (non-hydrogen) atoms. The molecule has 1 N–H and O–H groups in total. The molecule has 0 bridgehead atoms. The lowest BCUT2D eigenvalue weighted by atomic mass is 10.2. The number of carbonyl (C=O) groups excluding carboxylic acids is 2. The van der Waals surface area contributed by atoms with Crippen molar-refractivity contribution in [2.24, 2.45) is 17.8 Å². The molecule has 6 nitrogen and oxygen atoms in total. The predicted octanol–water partition coefficient (Wildman–Crippen LogP) is 2.32. The number of nitrogens with zero attached hydrogens (tertiary/aromatic N) is 2. The summed E-state index contributed by atoms with van der Waals surface area (Å²) in [6, 6.07) is 3.73. The van der Waals surface area contributed by atoms with Gasteiger partial charge in [-0.3, -0.25) is 9.78 Å². The third-order valence-electron chi connectivity index (χ3n) is 4.65. The number of rotatable bonds is 4. The maximum Gasteiger partial charge on any atom is 0.410 e. The Balaban J connectivity index is 1.38. The van der Waals surface area contributed by atoms with E-state index < -0.39 is 5.60 Å². The number of fused-ring (bicyclic) bond motifs is 1. The van der Waals surface area contributed by atoms with E-state index in [9.17, 15) is 9.59 Å². The van der Waals surface area contributed by atoms with E-state index in [0.29, 0.717) is 24.3 Å². The van der Waals surface area contributed by atoms with Crippen LogP contribution in [0.15, 0.2) is 30.6 Å². The van der Waals surface area contributed by atoms with Gasteiger partial charge in [0.25, 0.3) is 0 Å². The smallest absolute Gasteiger partial charge is 0.410 e. The minimum absolute atomic E-state index is 0.0992. The molecule has 1 aromatic rings. The van der Waals surface area contributed by atoms with E-state index in [4.69, 9.17) is 4.74 Å². The first-order chi connectivity index (χ1) is 11.8. The van der Waals surface area contributed by atoms with Crippen LogP contribution in [0.1, 0.15) is 26.3 Å². The number of aromatic nitrogens is 1. The van der Waals surface area contributed by atoms with Gasteiger partial charge >= 0.3 is 6.09 Å². The number of nitrogens with one attached hydrogen (secondary N) is 1. The Morgan fingerprint density at radius 3 is 2.68 bits per heavy atom. The zero-order chi connectivity index (χ0) is 18.0. The van der Waals surface area contributed by atoms with E-state index in [2.05, 4.69) is 10.3 Å². The van der Waals surface area contributed by atoms with Gasteiger partial charge < -0.3 is 15.0 Å². The summed E-state index contributed by atoms with van der Waals surface area (Å²) in [5, 5.41) is 2.94. The zero-order valence-electron chi connectivity index (χ0n) is 14.9. The summed E-state index contributed by atoms with van der Waals surface area (Å²) in [6.45, 7) is 7.74. The van der Waals surface area contributed by atoms with Gasteiger partial charge in [-0.2, -0.15) is 0 Å². The normalized spacial score (nSPS) is 24.9. The first kappa shape index (κ1) is 17.5. The molecule has 6 heteroatoms. The van der Waals surface area contributed by atoms with Gasteiger partial charge in [0.05, 0.1) is 0 Å². The standard InChI is InChI=1S/C19H25N3O3/c1-19(2,3)25-18(24)22-11-15-14(16(15)12-22)10-21-17(23)7-6-13-5-4-8-20-9-13/h4-9,14-16H,10-12H2,1-3H3,(H,21,23)/b7-6+/t14?,15-,16+. The van der Waals surface area contributed by atoms with Crippen molar-refractivity contribution in [2.75, 3.05) is 19.6 Å². The monoisotopic (exact) mass is 343 g/mol. The molecule has 1 aromatic heterocycles. The second-order valence-electron chi connectivity index (χ2n) is 7.74. The van der Waals surface area contributed by atoms with Crippen molar-refractivity contribution in [1.82, 2.24) is 15.2 Å². The van der Waals surface area contributed by atoms with Crippen molar-refractivity contribution in [1.29, 1.82) is 0 Å². The minimum Gasteiger partial charge on any atom is -0.444 e. The quantitative estimate of drug-likeness (QED) is 0.852. The number of amides is 2. The largest absolute Gasteiger partial charge is 0.444 e. The number of ether oxygens (including phenoxy) is 1. The Kier molecular flexibility index (Phi) is 4.79. The molecule has 1 saturated heterocycles. The van der Waals surface area contributed by atoms with Crippen LogP contribution in [0.4, 0.5) is 4.79 Å². The number of carbonyl (C=O) groups is 2. The van der Waals surface area contributed by atoms with Crippen molar-refractivity contribution in [3.8, 4) is 0 Å². The number of pyridine rings is 1. The molecule has 3 atom stereocenters. The summed E-state index contributed by atoms with van der Waals surface area (Å²) in [6.07, 6.45) is 6.45. The summed E-state index contributed by atoms with van der Waals surface area (Å²) in [4.78, 5) is 29.7. The van der Waals surface area contributed by atoms with Gasteiger partial charge in [0, 0.05) is 38.1 Å². The molecule has 1 aliphatic heterocycles. The Labute approximate surface area is 148 Å². The average Bonchev–Trinajstić information content (AvgIpc) is 3.00. The van der Waals surface area contributed by atoms with Gasteiger partial charge in [-0.25, -0.2) is 4.79 Å². The maximum absolute atomic E-state index is 12.0. The fourth-order valence-electron chi connectivity index (χ4n) is 3.35. The van der Waals surface area contributed by atoms with Crippen molar-refractivity contribution in [3.63, 3.8) is 0 Å². The van der Waals surface area contributed by atoms with Gasteiger partial charge in [-0.1, -0.05) is 6.07 Å². The van der Waals surface area contributed by atoms with E-state index in [1.807, 2.05) is 32.9 Å². The van der Waals surface area contributed by atoms with Crippen LogP contribution >= 0.6 is 0 Å². The molecule has 0 radical (unpaired) electrons. The highest BCUT2D eigenvalue weighted by Gasteiger charge is 2.56. The van der Waals surface area contributed by atoms with Crippen LogP contribution in [0.5, 0.6) is 0 Å². The molecule has 0 spiro atoms. The lowest BCUT2D eigenvalue weighted by Crippen LogP contribution is -2.38. The Morgan fingerprint density at radius 2 is 2.08 bits per heavy atom. The molecule has 1 unspecified atom stereocenters. The highest BCUT2D eigenvalue weighted by atomic mass is 16.6. The topological polar surface area (TPSA) is 71.5 Å². The third kappa shape index (κ3) is 4.59. The molecule has 2 heterocycles. The van der Waals surface area contributed by atoms with Gasteiger partial charge in [-0.05, 0) is 56.2 Å². The molecular formula is C19H25N3O3. The zero-order valence-corrected chi connectivity index (χ0v) is 14.9. The Morgan fingerprint density at radius 1 is 1.36 bits per heavy atom. The fraction of sp³-hybridized carbons (Fsp3) is 0.526. The maximum atomic E-state index is 12.0. The van der Waals surface area contributed by atoms with Crippen LogP contribution in [-0.4, -0.2) is 47.1 Å². The molecule has 2 amide bonds. The van der Waals surface area contributed by atoms with Crippen LogP contribution in [0.2, 0.25) is 0 Å². The number of hydrogen-bond donors (Lipinski definition) is 1. The summed E-state index contributed by atoms with van der Waals surface area (Å²) < 4.78 is 5.40. The first-order valence-electron chi connectivity index (χ1n) is 8.67. The van der Waals surface area contributed by atoms with Crippen LogP contribution in [-0.2, 0) is 9.53 Å². The lowest BCUT2D eigenvalue weighted by Gasteiger charge is -2.25. The SMILES string of the molecule is CC(C)(C)OC(=O)N1C[C@@H]2C(CNC(=O)/C=C/c3cccnc3)[C@@H]2C1. The van der Waals surface area contributed by atoms with Crippen LogP contribution in [0, 0.1) is 17.8 Å². The van der Waals surface area contributed by atoms with Gasteiger partial charge in [0.2, 0.25) is 5.91 Å². The van der Waals surface area contributed by atoms with Gasteiger partial charge in [0.1, 0.15) is 5.60 Å². The minimum atomic E-state index is -0.460. The number of likely N-dealkylation sites (tertiary alicyclic amines) is 1. The predicted molar refractivity (Wildman–Crippen MR) is 94.6 cm³/mol. The van der Waals surface area contributed by atoms with Crippen molar-refractivity contribution in [3.05, 3.63) is 36.2 Å². The second kappa shape index (κ2) is 6.86. The van der Waals surface area contributed by atoms with E-state index in [0.717, 1.165) is 18.7 Å². The molecule has 2 aliphatic rings. The van der Waals surface area contributed by atoms with Crippen LogP contribution in [0.25, 0.3) is 6.08 Å². The second-order valence-corrected chi connectivity index (χ2v) is 7.74. The molecule has 2 fully saturated rings. The van der Waals surface area contributed by atoms with Gasteiger partial charge in [0.15, 0.2) is 0 Å². The Hall–Kier alpha value is -2.37.